The smallest absolute Gasteiger partial charge is 0.273 e. The van der Waals surface area contributed by atoms with Crippen LogP contribution in [0.5, 0.6) is 0 Å². The van der Waals surface area contributed by atoms with Crippen molar-refractivity contribution in [2.24, 2.45) is 7.05 Å². The standard InChI is InChI=1S/C16H26N8O/c1-3-13(15-4-5-18-22(15)2)19-16(25)14-12-24(21-20-14)11-10-23-8-6-17-7-9-23/h4-5,12-13,17H,3,6-11H2,1-2H3,(H,19,25)/t13-/m0/s1. The Morgan fingerprint density at radius 1 is 1.36 bits per heavy atom. The molecule has 0 aromatic carbocycles. The van der Waals surface area contributed by atoms with Crippen molar-refractivity contribution in [3.05, 3.63) is 29.8 Å². The zero-order chi connectivity index (χ0) is 17.6. The number of carbonyl (C=O) groups excluding carboxylic acids is 1. The number of nitrogens with one attached hydrogen (secondary N) is 2. The summed E-state index contributed by atoms with van der Waals surface area (Å²) in [6.07, 6.45) is 4.23. The summed E-state index contributed by atoms with van der Waals surface area (Å²) in [4.78, 5) is 14.8. The predicted molar refractivity (Wildman–Crippen MR) is 93.0 cm³/mol. The normalized spacial score (nSPS) is 16.7. The summed E-state index contributed by atoms with van der Waals surface area (Å²) in [5.41, 5.74) is 1.32. The minimum Gasteiger partial charge on any atom is -0.342 e. The van der Waals surface area contributed by atoms with Crippen LogP contribution in [-0.4, -0.2) is 68.3 Å². The van der Waals surface area contributed by atoms with Crippen LogP contribution in [0.3, 0.4) is 0 Å². The molecule has 3 rings (SSSR count). The average Bonchev–Trinajstić information content (AvgIpc) is 3.28. The molecule has 1 atom stereocenters. The zero-order valence-corrected chi connectivity index (χ0v) is 14.9. The van der Waals surface area contributed by atoms with Gasteiger partial charge in [0, 0.05) is 46.0 Å². The molecule has 2 N–H and O–H groups in total. The van der Waals surface area contributed by atoms with Gasteiger partial charge in [0.25, 0.3) is 5.91 Å². The maximum absolute atomic E-state index is 12.5. The van der Waals surface area contributed by atoms with Gasteiger partial charge in [-0.15, -0.1) is 5.10 Å². The topological polar surface area (TPSA) is 92.9 Å². The van der Waals surface area contributed by atoms with Crippen LogP contribution >= 0.6 is 0 Å². The van der Waals surface area contributed by atoms with Crippen LogP contribution in [0.4, 0.5) is 0 Å². The highest BCUT2D eigenvalue weighted by Gasteiger charge is 2.19. The molecular formula is C16H26N8O. The Bertz CT molecular complexity index is 688. The average molecular weight is 346 g/mol. The molecule has 1 fully saturated rings. The lowest BCUT2D eigenvalue weighted by atomic mass is 10.1. The maximum Gasteiger partial charge on any atom is 0.273 e. The molecule has 2 aromatic rings. The van der Waals surface area contributed by atoms with E-state index in [1.54, 1.807) is 21.8 Å². The Hall–Kier alpha value is -2.26. The highest BCUT2D eigenvalue weighted by atomic mass is 16.2. The van der Waals surface area contributed by atoms with Gasteiger partial charge in [0.05, 0.1) is 24.5 Å². The molecule has 25 heavy (non-hydrogen) atoms. The van der Waals surface area contributed by atoms with Gasteiger partial charge in [-0.2, -0.15) is 5.10 Å². The van der Waals surface area contributed by atoms with Gasteiger partial charge in [0.15, 0.2) is 5.69 Å². The van der Waals surface area contributed by atoms with Crippen molar-refractivity contribution in [1.82, 2.24) is 40.3 Å². The van der Waals surface area contributed by atoms with Crippen molar-refractivity contribution in [2.45, 2.75) is 25.9 Å². The second-order valence-corrected chi connectivity index (χ2v) is 6.27. The van der Waals surface area contributed by atoms with E-state index in [9.17, 15) is 4.79 Å². The zero-order valence-electron chi connectivity index (χ0n) is 14.9. The summed E-state index contributed by atoms with van der Waals surface area (Å²) in [6, 6.07) is 1.82. The summed E-state index contributed by atoms with van der Waals surface area (Å²) in [6.45, 7) is 7.82. The Labute approximate surface area is 147 Å². The van der Waals surface area contributed by atoms with Gasteiger partial charge in [-0.25, -0.2) is 0 Å². The van der Waals surface area contributed by atoms with E-state index in [0.29, 0.717) is 5.69 Å². The second-order valence-electron chi connectivity index (χ2n) is 6.27. The third-order valence-electron chi connectivity index (χ3n) is 4.56. The fourth-order valence-corrected chi connectivity index (χ4v) is 3.03. The molecule has 1 amide bonds. The van der Waals surface area contributed by atoms with Crippen LogP contribution in [-0.2, 0) is 13.6 Å². The van der Waals surface area contributed by atoms with Crippen molar-refractivity contribution in [2.75, 3.05) is 32.7 Å². The molecule has 2 aromatic heterocycles. The Morgan fingerprint density at radius 3 is 2.84 bits per heavy atom. The predicted octanol–water partition coefficient (Wildman–Crippen LogP) is -0.202. The van der Waals surface area contributed by atoms with Gasteiger partial charge in [-0.1, -0.05) is 12.1 Å². The van der Waals surface area contributed by atoms with Crippen LogP contribution in [0.1, 0.15) is 35.6 Å². The van der Waals surface area contributed by atoms with Gasteiger partial charge < -0.3 is 10.6 Å². The van der Waals surface area contributed by atoms with Gasteiger partial charge >= 0.3 is 0 Å². The summed E-state index contributed by atoms with van der Waals surface area (Å²) in [5.74, 6) is -0.207. The largest absolute Gasteiger partial charge is 0.342 e. The molecule has 0 aliphatic carbocycles. The van der Waals surface area contributed by atoms with Crippen molar-refractivity contribution < 1.29 is 4.79 Å². The van der Waals surface area contributed by atoms with Crippen LogP contribution < -0.4 is 10.6 Å². The van der Waals surface area contributed by atoms with E-state index in [1.807, 2.05) is 20.0 Å². The van der Waals surface area contributed by atoms with Gasteiger partial charge in [-0.05, 0) is 12.5 Å². The molecule has 1 saturated heterocycles. The molecule has 0 bridgehead atoms. The SMILES string of the molecule is CC[C@H](NC(=O)c1cn(CCN2CCNCC2)nn1)c1ccnn1C. The number of hydrogen-bond donors (Lipinski definition) is 2. The van der Waals surface area contributed by atoms with Crippen molar-refractivity contribution in [1.29, 1.82) is 0 Å². The lowest BCUT2D eigenvalue weighted by Crippen LogP contribution is -2.44. The lowest BCUT2D eigenvalue weighted by molar-refractivity contribution is 0.0929. The highest BCUT2D eigenvalue weighted by Crippen LogP contribution is 2.15. The van der Waals surface area contributed by atoms with E-state index < -0.39 is 0 Å². The quantitative estimate of drug-likeness (QED) is 0.721. The Morgan fingerprint density at radius 2 is 2.16 bits per heavy atom. The number of amides is 1. The third kappa shape index (κ3) is 4.43. The Kier molecular flexibility index (Phi) is 5.77. The van der Waals surface area contributed by atoms with Crippen LogP contribution in [0, 0.1) is 0 Å². The van der Waals surface area contributed by atoms with Gasteiger partial charge in [-0.3, -0.25) is 19.1 Å². The van der Waals surface area contributed by atoms with Crippen molar-refractivity contribution in [3.63, 3.8) is 0 Å². The summed E-state index contributed by atoms with van der Waals surface area (Å²) < 4.78 is 3.51. The van der Waals surface area contributed by atoms with Crippen LogP contribution in [0.15, 0.2) is 18.5 Å². The maximum atomic E-state index is 12.5. The number of rotatable bonds is 7. The van der Waals surface area contributed by atoms with Gasteiger partial charge in [0.1, 0.15) is 0 Å². The van der Waals surface area contributed by atoms with E-state index >= 15 is 0 Å². The minimum atomic E-state index is -0.207. The Balaban J connectivity index is 1.55. The highest BCUT2D eigenvalue weighted by molar-refractivity contribution is 5.92. The number of nitrogens with zero attached hydrogens (tertiary/aromatic N) is 6. The van der Waals surface area contributed by atoms with Crippen molar-refractivity contribution >= 4 is 5.91 Å². The monoisotopic (exact) mass is 346 g/mol. The van der Waals surface area contributed by atoms with E-state index in [0.717, 1.165) is 51.4 Å². The molecule has 1 aliphatic rings. The van der Waals surface area contributed by atoms with Crippen molar-refractivity contribution in [3.8, 4) is 0 Å². The number of hydrogen-bond acceptors (Lipinski definition) is 6. The van der Waals surface area contributed by atoms with E-state index in [4.69, 9.17) is 0 Å². The molecule has 0 unspecified atom stereocenters. The van der Waals surface area contributed by atoms with Gasteiger partial charge in [0.2, 0.25) is 0 Å². The lowest BCUT2D eigenvalue weighted by Gasteiger charge is -2.26. The summed E-state index contributed by atoms with van der Waals surface area (Å²) >= 11 is 0. The fraction of sp³-hybridized carbons (Fsp3) is 0.625. The third-order valence-corrected chi connectivity index (χ3v) is 4.56. The van der Waals surface area contributed by atoms with Crippen LogP contribution in [0.2, 0.25) is 0 Å². The molecule has 0 radical (unpaired) electrons. The number of piperazine rings is 1. The molecule has 3 heterocycles. The molecular weight excluding hydrogens is 320 g/mol. The first-order valence-electron chi connectivity index (χ1n) is 8.79. The van der Waals surface area contributed by atoms with E-state index in [1.165, 1.54) is 0 Å². The molecule has 0 saturated carbocycles. The summed E-state index contributed by atoms with van der Waals surface area (Å²) in [5, 5.41) is 18.6. The van der Waals surface area contributed by atoms with E-state index in [-0.39, 0.29) is 11.9 Å². The fourth-order valence-electron chi connectivity index (χ4n) is 3.03. The first-order valence-corrected chi connectivity index (χ1v) is 8.79. The molecule has 0 spiro atoms. The molecule has 9 nitrogen and oxygen atoms in total. The minimum absolute atomic E-state index is 0.0917. The second kappa shape index (κ2) is 8.21. The number of aromatic nitrogens is 5. The van der Waals surface area contributed by atoms with Crippen LogP contribution in [0.25, 0.3) is 0 Å². The molecule has 1 aliphatic heterocycles. The molecule has 136 valence electrons. The first kappa shape index (κ1) is 17.6. The number of carbonyl (C=O) groups is 1. The van der Waals surface area contributed by atoms with E-state index in [2.05, 4.69) is 30.9 Å². The summed E-state index contributed by atoms with van der Waals surface area (Å²) in [7, 11) is 1.87. The molecule has 9 heteroatoms. The first-order chi connectivity index (χ1) is 12.2. The number of aryl methyl sites for hydroxylation is 1.